The van der Waals surface area contributed by atoms with E-state index in [9.17, 15) is 10.1 Å². The predicted molar refractivity (Wildman–Crippen MR) is 81.8 cm³/mol. The summed E-state index contributed by atoms with van der Waals surface area (Å²) < 4.78 is 2.33. The second-order valence-corrected chi connectivity index (χ2v) is 5.27. The first-order valence-electron chi connectivity index (χ1n) is 5.78. The number of benzene rings is 1. The van der Waals surface area contributed by atoms with Gasteiger partial charge in [-0.2, -0.15) is 4.68 Å². The molecule has 0 fully saturated rings. The SMILES string of the molecule is O=[N+]([O-])c1cccc(-c2ncn(-c3ncc(I)cn3)n2)c1. The maximum Gasteiger partial charge on any atom is 0.270 e. The third-order valence-corrected chi connectivity index (χ3v) is 3.18. The fourth-order valence-corrected chi connectivity index (χ4v) is 1.95. The number of nitro groups is 1. The van der Waals surface area contributed by atoms with E-state index in [0.29, 0.717) is 17.3 Å². The summed E-state index contributed by atoms with van der Waals surface area (Å²) in [4.78, 5) is 22.7. The molecule has 0 saturated carbocycles. The van der Waals surface area contributed by atoms with Gasteiger partial charge in [0, 0.05) is 33.7 Å². The van der Waals surface area contributed by atoms with Crippen molar-refractivity contribution < 1.29 is 4.92 Å². The summed E-state index contributed by atoms with van der Waals surface area (Å²) >= 11 is 2.11. The first-order chi connectivity index (χ1) is 10.1. The summed E-state index contributed by atoms with van der Waals surface area (Å²) in [7, 11) is 0. The minimum absolute atomic E-state index is 0.00522. The molecular weight excluding hydrogens is 387 g/mol. The lowest BCUT2D eigenvalue weighted by Crippen LogP contribution is -2.01. The Morgan fingerprint density at radius 1 is 1.19 bits per heavy atom. The van der Waals surface area contributed by atoms with Crippen LogP contribution in [-0.2, 0) is 0 Å². The van der Waals surface area contributed by atoms with Crippen molar-refractivity contribution in [2.45, 2.75) is 0 Å². The average molecular weight is 394 g/mol. The molecule has 9 heteroatoms. The van der Waals surface area contributed by atoms with E-state index < -0.39 is 4.92 Å². The van der Waals surface area contributed by atoms with Crippen LogP contribution in [0.5, 0.6) is 0 Å². The second kappa shape index (κ2) is 5.52. The smallest absolute Gasteiger partial charge is 0.258 e. The highest BCUT2D eigenvalue weighted by Crippen LogP contribution is 2.20. The summed E-state index contributed by atoms with van der Waals surface area (Å²) in [5.41, 5.74) is 0.558. The number of hydrogen-bond donors (Lipinski definition) is 0. The van der Waals surface area contributed by atoms with Gasteiger partial charge < -0.3 is 0 Å². The van der Waals surface area contributed by atoms with Crippen LogP contribution in [0.4, 0.5) is 5.69 Å². The van der Waals surface area contributed by atoms with Gasteiger partial charge in [0.05, 0.1) is 4.92 Å². The molecule has 0 bridgehead atoms. The van der Waals surface area contributed by atoms with Crippen molar-refractivity contribution in [3.63, 3.8) is 0 Å². The Labute approximate surface area is 132 Å². The molecule has 0 saturated heterocycles. The molecule has 2 aromatic heterocycles. The maximum absolute atomic E-state index is 10.8. The standard InChI is InChI=1S/C12H7IN6O2/c13-9-5-14-12(15-6-9)18-7-16-11(17-18)8-2-1-3-10(4-8)19(20)21/h1-7H. The Kier molecular flexibility index (Phi) is 3.56. The molecule has 3 aromatic rings. The van der Waals surface area contributed by atoms with Crippen LogP contribution in [-0.4, -0.2) is 29.7 Å². The van der Waals surface area contributed by atoms with Gasteiger partial charge in [0.15, 0.2) is 5.82 Å². The van der Waals surface area contributed by atoms with Crippen LogP contribution >= 0.6 is 22.6 Å². The molecule has 2 heterocycles. The molecule has 0 atom stereocenters. The zero-order valence-corrected chi connectivity index (χ0v) is 12.6. The molecule has 8 nitrogen and oxygen atoms in total. The van der Waals surface area contributed by atoms with Crippen molar-refractivity contribution in [3.05, 3.63) is 56.7 Å². The molecular formula is C12H7IN6O2. The number of non-ortho nitro benzene ring substituents is 1. The molecule has 0 aliphatic carbocycles. The third-order valence-electron chi connectivity index (χ3n) is 2.62. The quantitative estimate of drug-likeness (QED) is 0.384. The minimum Gasteiger partial charge on any atom is -0.258 e. The second-order valence-electron chi connectivity index (χ2n) is 4.02. The molecule has 21 heavy (non-hydrogen) atoms. The van der Waals surface area contributed by atoms with E-state index in [1.165, 1.54) is 23.1 Å². The summed E-state index contributed by atoms with van der Waals surface area (Å²) in [6.07, 6.45) is 4.80. The van der Waals surface area contributed by atoms with Gasteiger partial charge in [-0.15, -0.1) is 5.10 Å². The van der Waals surface area contributed by atoms with Crippen LogP contribution in [0.15, 0.2) is 43.0 Å². The molecule has 0 radical (unpaired) electrons. The van der Waals surface area contributed by atoms with Gasteiger partial charge in [0.25, 0.3) is 11.6 Å². The summed E-state index contributed by atoms with van der Waals surface area (Å²) in [6, 6.07) is 6.15. The van der Waals surface area contributed by atoms with Crippen molar-refractivity contribution in [3.8, 4) is 17.3 Å². The monoisotopic (exact) mass is 394 g/mol. The van der Waals surface area contributed by atoms with Crippen LogP contribution in [0.2, 0.25) is 0 Å². The van der Waals surface area contributed by atoms with Gasteiger partial charge in [-0.05, 0) is 22.6 Å². The number of rotatable bonds is 3. The van der Waals surface area contributed by atoms with Crippen LogP contribution in [0.25, 0.3) is 17.3 Å². The van der Waals surface area contributed by atoms with Crippen molar-refractivity contribution in [2.24, 2.45) is 0 Å². The zero-order chi connectivity index (χ0) is 14.8. The number of nitrogens with zero attached hydrogens (tertiary/aromatic N) is 6. The van der Waals surface area contributed by atoms with Gasteiger partial charge >= 0.3 is 0 Å². The Bertz CT molecular complexity index is 802. The molecule has 1 aromatic carbocycles. The summed E-state index contributed by atoms with van der Waals surface area (Å²) in [5.74, 6) is 0.764. The lowest BCUT2D eigenvalue weighted by Gasteiger charge is -1.98. The average Bonchev–Trinajstić information content (AvgIpc) is 2.98. The Morgan fingerprint density at radius 3 is 2.67 bits per heavy atom. The van der Waals surface area contributed by atoms with Gasteiger partial charge in [-0.1, -0.05) is 12.1 Å². The van der Waals surface area contributed by atoms with Crippen molar-refractivity contribution >= 4 is 28.3 Å². The van der Waals surface area contributed by atoms with E-state index in [1.807, 2.05) is 0 Å². The van der Waals surface area contributed by atoms with Crippen LogP contribution in [0.1, 0.15) is 0 Å². The molecule has 0 aliphatic heterocycles. The highest BCUT2D eigenvalue weighted by atomic mass is 127. The normalized spacial score (nSPS) is 10.5. The third kappa shape index (κ3) is 2.86. The topological polar surface area (TPSA) is 99.6 Å². The fraction of sp³-hybridized carbons (Fsp3) is 0. The van der Waals surface area contributed by atoms with Crippen LogP contribution < -0.4 is 0 Å². The zero-order valence-electron chi connectivity index (χ0n) is 10.4. The van der Waals surface area contributed by atoms with E-state index in [0.717, 1.165) is 3.57 Å². The Morgan fingerprint density at radius 2 is 1.95 bits per heavy atom. The number of aromatic nitrogens is 5. The van der Waals surface area contributed by atoms with E-state index in [-0.39, 0.29) is 5.69 Å². The molecule has 0 unspecified atom stereocenters. The van der Waals surface area contributed by atoms with Gasteiger partial charge in [-0.3, -0.25) is 10.1 Å². The molecule has 0 spiro atoms. The van der Waals surface area contributed by atoms with Crippen molar-refractivity contribution in [1.82, 2.24) is 24.7 Å². The number of hydrogen-bond acceptors (Lipinski definition) is 6. The first kappa shape index (κ1) is 13.5. The predicted octanol–water partition coefficient (Wildman–Crippen LogP) is 2.24. The van der Waals surface area contributed by atoms with Gasteiger partial charge in [0.1, 0.15) is 6.33 Å². The van der Waals surface area contributed by atoms with E-state index in [1.54, 1.807) is 24.5 Å². The first-order valence-corrected chi connectivity index (χ1v) is 6.86. The lowest BCUT2D eigenvalue weighted by atomic mass is 10.2. The van der Waals surface area contributed by atoms with Gasteiger partial charge in [0.2, 0.25) is 0 Å². The van der Waals surface area contributed by atoms with Crippen LogP contribution in [0, 0.1) is 13.7 Å². The van der Waals surface area contributed by atoms with E-state index >= 15 is 0 Å². The molecule has 0 aliphatic rings. The highest BCUT2D eigenvalue weighted by molar-refractivity contribution is 14.1. The lowest BCUT2D eigenvalue weighted by molar-refractivity contribution is -0.384. The summed E-state index contributed by atoms with van der Waals surface area (Å²) in [6.45, 7) is 0. The maximum atomic E-state index is 10.8. The largest absolute Gasteiger partial charge is 0.270 e. The Balaban J connectivity index is 1.96. The van der Waals surface area contributed by atoms with Crippen molar-refractivity contribution in [1.29, 1.82) is 0 Å². The van der Waals surface area contributed by atoms with E-state index in [4.69, 9.17) is 0 Å². The molecule has 0 amide bonds. The van der Waals surface area contributed by atoms with Crippen LogP contribution in [0.3, 0.4) is 0 Å². The van der Waals surface area contributed by atoms with Crippen molar-refractivity contribution in [2.75, 3.05) is 0 Å². The molecule has 104 valence electrons. The Hall–Kier alpha value is -2.43. The number of nitro benzene ring substituents is 1. The summed E-state index contributed by atoms with van der Waals surface area (Å²) in [5, 5.41) is 15.0. The fourth-order valence-electron chi connectivity index (χ4n) is 1.67. The van der Waals surface area contributed by atoms with E-state index in [2.05, 4.69) is 42.6 Å². The molecule has 0 N–H and O–H groups in total. The molecule has 3 rings (SSSR count). The minimum atomic E-state index is -0.456. The van der Waals surface area contributed by atoms with Gasteiger partial charge in [-0.25, -0.2) is 15.0 Å². The highest BCUT2D eigenvalue weighted by Gasteiger charge is 2.11. The number of halogens is 1.